The molecule has 0 spiro atoms. The Labute approximate surface area is 434 Å². The van der Waals surface area contributed by atoms with Crippen molar-refractivity contribution in [1.82, 2.24) is 10.6 Å². The number of aliphatic hydroxyl groups is 4. The Hall–Kier alpha value is -4.58. The first-order valence-electron chi connectivity index (χ1n) is 26.1. The summed E-state index contributed by atoms with van der Waals surface area (Å²) in [6, 6.07) is 7.54. The molecule has 17 atom stereocenters. The van der Waals surface area contributed by atoms with E-state index < -0.39 is 78.0 Å². The van der Waals surface area contributed by atoms with Crippen molar-refractivity contribution in [1.29, 1.82) is 0 Å². The van der Waals surface area contributed by atoms with Gasteiger partial charge in [-0.1, -0.05) is 132 Å². The van der Waals surface area contributed by atoms with E-state index in [1.54, 1.807) is 46.1 Å². The Balaban J connectivity index is 1.27. The molecule has 17 unspecified atom stereocenters. The van der Waals surface area contributed by atoms with Gasteiger partial charge in [-0.3, -0.25) is 14.4 Å². The molecule has 2 amide bonds. The first kappa shape index (κ1) is 61.0. The SMILES string of the molecule is CCC1C(CC=C(C)C(O)CC(OC)C(C)C(=O)NC(C(=O)NC2C(=O)OC(c3ccccc3)C2C)C(C)C)OC(C=CC=CCC(CC(=O)C=CC(C)=CC=CC2COC(C)C(C)(O)C2O)OC)C(C)C1O. The predicted octanol–water partition coefficient (Wildman–Crippen LogP) is 6.76. The first-order valence-corrected chi connectivity index (χ1v) is 26.1. The summed E-state index contributed by atoms with van der Waals surface area (Å²) in [4.78, 5) is 53.0. The maximum absolute atomic E-state index is 13.7. The van der Waals surface area contributed by atoms with Crippen LogP contribution in [0.4, 0.5) is 0 Å². The van der Waals surface area contributed by atoms with E-state index >= 15 is 0 Å². The van der Waals surface area contributed by atoms with Crippen LogP contribution < -0.4 is 10.6 Å². The monoisotopic (exact) mass is 1020 g/mol. The number of carbonyl (C=O) groups is 4. The number of ether oxygens (including phenoxy) is 5. The van der Waals surface area contributed by atoms with Crippen molar-refractivity contribution in [2.45, 2.75) is 174 Å². The molecule has 406 valence electrons. The van der Waals surface area contributed by atoms with Crippen LogP contribution in [-0.2, 0) is 42.9 Å². The van der Waals surface area contributed by atoms with Gasteiger partial charge in [0.1, 0.15) is 23.8 Å². The summed E-state index contributed by atoms with van der Waals surface area (Å²) >= 11 is 0. The number of methoxy groups -OCH3 is 2. The van der Waals surface area contributed by atoms with Crippen molar-refractivity contribution < 1.29 is 63.3 Å². The van der Waals surface area contributed by atoms with Crippen LogP contribution in [0.5, 0.6) is 0 Å². The highest BCUT2D eigenvalue weighted by atomic mass is 16.6. The highest BCUT2D eigenvalue weighted by molar-refractivity contribution is 5.92. The lowest BCUT2D eigenvalue weighted by Gasteiger charge is -2.43. The fraction of sp³-hybridized carbons (Fsp3) is 0.621. The number of hydrogen-bond donors (Lipinski definition) is 6. The molecule has 73 heavy (non-hydrogen) atoms. The largest absolute Gasteiger partial charge is 0.456 e. The van der Waals surface area contributed by atoms with Gasteiger partial charge in [-0.05, 0) is 70.1 Å². The molecule has 0 bridgehead atoms. The van der Waals surface area contributed by atoms with Gasteiger partial charge in [0, 0.05) is 50.7 Å². The number of esters is 1. The van der Waals surface area contributed by atoms with Crippen LogP contribution in [0, 0.1) is 35.5 Å². The minimum Gasteiger partial charge on any atom is -0.456 e. The number of rotatable bonds is 25. The zero-order valence-corrected chi connectivity index (χ0v) is 45.2. The molecule has 4 rings (SSSR count). The number of allylic oxidation sites excluding steroid dienone is 7. The standard InChI is InChI=1S/C58H86N2O13/c1-13-45-48(72-47(37(6)52(45)63)26-19-15-18-25-44(69-11)31-43(61)29-27-35(4)21-20-24-42-33-71-40(9)58(10,68)54(42)64)30-28-36(5)46(62)32-49(70-12)38(7)55(65)59-50(34(2)3)56(66)60-51-39(8)53(73-57(51)67)41-22-16-14-17-23-41/h14-24,26-29,34,37-40,42,44-54,62-64,68H,13,25,30-33H2,1-12H3,(H,59,65)(H,60,66). The van der Waals surface area contributed by atoms with Gasteiger partial charge in [0.05, 0.1) is 61.4 Å². The Morgan fingerprint density at radius 2 is 1.64 bits per heavy atom. The highest BCUT2D eigenvalue weighted by Crippen LogP contribution is 2.37. The number of aliphatic hydroxyl groups excluding tert-OH is 3. The molecule has 6 N–H and O–H groups in total. The lowest BCUT2D eigenvalue weighted by atomic mass is 9.79. The van der Waals surface area contributed by atoms with Crippen molar-refractivity contribution in [3.05, 3.63) is 108 Å². The van der Waals surface area contributed by atoms with Gasteiger partial charge in [-0.25, -0.2) is 4.79 Å². The quantitative estimate of drug-likeness (QED) is 0.0259. The summed E-state index contributed by atoms with van der Waals surface area (Å²) in [7, 11) is 3.05. The Morgan fingerprint density at radius 3 is 2.29 bits per heavy atom. The fourth-order valence-corrected chi connectivity index (χ4v) is 9.68. The van der Waals surface area contributed by atoms with Crippen LogP contribution in [0.25, 0.3) is 0 Å². The minimum absolute atomic E-state index is 0.0848. The topological polar surface area (TPSA) is 219 Å². The predicted molar refractivity (Wildman–Crippen MR) is 281 cm³/mol. The van der Waals surface area contributed by atoms with Gasteiger partial charge in [-0.15, -0.1) is 0 Å². The number of hydrogen-bond acceptors (Lipinski definition) is 13. The summed E-state index contributed by atoms with van der Waals surface area (Å²) in [5.74, 6) is -3.59. The fourth-order valence-electron chi connectivity index (χ4n) is 9.68. The Kier molecular flexibility index (Phi) is 24.2. The summed E-state index contributed by atoms with van der Waals surface area (Å²) in [6.07, 6.45) is 14.9. The molecule has 3 fully saturated rings. The molecule has 0 radical (unpaired) electrons. The van der Waals surface area contributed by atoms with Gasteiger partial charge < -0.3 is 54.7 Å². The van der Waals surface area contributed by atoms with E-state index in [4.69, 9.17) is 23.7 Å². The van der Waals surface area contributed by atoms with Gasteiger partial charge >= 0.3 is 5.97 Å². The molecule has 0 saturated carbocycles. The number of ketones is 1. The molecule has 3 aliphatic heterocycles. The molecule has 15 heteroatoms. The molecular weight excluding hydrogens is 933 g/mol. The molecule has 3 heterocycles. The van der Waals surface area contributed by atoms with E-state index in [9.17, 15) is 39.6 Å². The maximum atomic E-state index is 13.7. The second-order valence-electron chi connectivity index (χ2n) is 20.9. The van der Waals surface area contributed by atoms with E-state index in [1.807, 2.05) is 115 Å². The van der Waals surface area contributed by atoms with Crippen LogP contribution in [0.3, 0.4) is 0 Å². The molecule has 1 aromatic rings. The maximum Gasteiger partial charge on any atom is 0.329 e. The van der Waals surface area contributed by atoms with Gasteiger partial charge in [0.15, 0.2) is 5.78 Å². The molecular formula is C58H86N2O13. The Morgan fingerprint density at radius 1 is 0.945 bits per heavy atom. The van der Waals surface area contributed by atoms with E-state index in [0.29, 0.717) is 31.4 Å². The van der Waals surface area contributed by atoms with Crippen molar-refractivity contribution in [2.75, 3.05) is 20.8 Å². The third-order valence-electron chi connectivity index (χ3n) is 15.2. The number of nitrogens with one attached hydrogen (secondary N) is 2. The second-order valence-corrected chi connectivity index (χ2v) is 20.9. The average Bonchev–Trinajstić information content (AvgIpc) is 3.64. The molecule has 3 aliphatic rings. The molecule has 3 saturated heterocycles. The summed E-state index contributed by atoms with van der Waals surface area (Å²) in [5.41, 5.74) is 0.999. The van der Waals surface area contributed by atoms with Crippen molar-refractivity contribution >= 4 is 23.6 Å². The van der Waals surface area contributed by atoms with Crippen LogP contribution >= 0.6 is 0 Å². The third kappa shape index (κ3) is 17.0. The molecule has 15 nitrogen and oxygen atoms in total. The number of carbonyl (C=O) groups excluding carboxylic acids is 4. The highest BCUT2D eigenvalue weighted by Gasteiger charge is 2.46. The van der Waals surface area contributed by atoms with Crippen LogP contribution in [0.1, 0.15) is 113 Å². The van der Waals surface area contributed by atoms with Gasteiger partial charge in [-0.2, -0.15) is 0 Å². The van der Waals surface area contributed by atoms with Crippen LogP contribution in [0.2, 0.25) is 0 Å². The van der Waals surface area contributed by atoms with Crippen molar-refractivity contribution in [3.8, 4) is 0 Å². The molecule has 0 aliphatic carbocycles. The lowest BCUT2D eigenvalue weighted by molar-refractivity contribution is -0.203. The summed E-state index contributed by atoms with van der Waals surface area (Å²) < 4.78 is 29.2. The van der Waals surface area contributed by atoms with E-state index in [1.165, 1.54) is 13.2 Å². The normalized spacial score (nSPS) is 31.5. The van der Waals surface area contributed by atoms with E-state index in [2.05, 4.69) is 10.6 Å². The summed E-state index contributed by atoms with van der Waals surface area (Å²) in [6.45, 7) is 18.4. The Bertz CT molecular complexity index is 2130. The van der Waals surface area contributed by atoms with Gasteiger partial charge in [0.2, 0.25) is 11.8 Å². The molecule has 1 aromatic carbocycles. The van der Waals surface area contributed by atoms with E-state index in [0.717, 1.165) is 11.1 Å². The zero-order valence-electron chi connectivity index (χ0n) is 45.2. The second kappa shape index (κ2) is 28.9. The van der Waals surface area contributed by atoms with Crippen molar-refractivity contribution in [2.24, 2.45) is 35.5 Å². The number of benzene rings is 1. The van der Waals surface area contributed by atoms with E-state index in [-0.39, 0.29) is 66.5 Å². The minimum atomic E-state index is -1.35. The molecule has 0 aromatic heterocycles. The zero-order chi connectivity index (χ0) is 54.2. The van der Waals surface area contributed by atoms with Crippen LogP contribution in [-0.4, -0.2) is 131 Å². The smallest absolute Gasteiger partial charge is 0.329 e. The van der Waals surface area contributed by atoms with Gasteiger partial charge in [0.25, 0.3) is 0 Å². The number of cyclic esters (lactones) is 1. The lowest BCUT2D eigenvalue weighted by Crippen LogP contribution is -2.57. The third-order valence-corrected chi connectivity index (χ3v) is 15.2. The number of amides is 2. The average molecular weight is 1020 g/mol. The van der Waals surface area contributed by atoms with Crippen LogP contribution in [0.15, 0.2) is 102 Å². The van der Waals surface area contributed by atoms with Crippen molar-refractivity contribution in [3.63, 3.8) is 0 Å². The first-order chi connectivity index (χ1) is 34.5. The summed E-state index contributed by atoms with van der Waals surface area (Å²) in [5, 5.41) is 49.6.